The van der Waals surface area contributed by atoms with Crippen LogP contribution in [0.4, 0.5) is 0 Å². The first kappa shape index (κ1) is 16.4. The van der Waals surface area contributed by atoms with Crippen molar-refractivity contribution in [3.63, 3.8) is 0 Å². The summed E-state index contributed by atoms with van der Waals surface area (Å²) in [7, 11) is 0. The molecule has 4 rings (SSSR count). The van der Waals surface area contributed by atoms with Gasteiger partial charge in [-0.15, -0.1) is 0 Å². The van der Waals surface area contributed by atoms with E-state index in [0.717, 1.165) is 30.5 Å². The van der Waals surface area contributed by atoms with Gasteiger partial charge in [-0.2, -0.15) is 4.98 Å². The number of carbonyl (C=O) groups is 1. The van der Waals surface area contributed by atoms with Gasteiger partial charge in [0.1, 0.15) is 11.7 Å². The Labute approximate surface area is 151 Å². The number of amides is 1. The SMILES string of the molecule is Cc1cccc(C(=O)N2CCCC[C@@H]2c2nc(-c3ccccc3)no2)n1. The molecule has 132 valence electrons. The Morgan fingerprint density at radius 2 is 1.92 bits per heavy atom. The quantitative estimate of drug-likeness (QED) is 0.720. The third kappa shape index (κ3) is 3.22. The predicted molar refractivity (Wildman–Crippen MR) is 96.3 cm³/mol. The van der Waals surface area contributed by atoms with E-state index >= 15 is 0 Å². The molecule has 1 fully saturated rings. The lowest BCUT2D eigenvalue weighted by molar-refractivity contribution is 0.0555. The predicted octanol–water partition coefficient (Wildman–Crippen LogP) is 3.81. The molecule has 1 aliphatic rings. The van der Waals surface area contributed by atoms with Crippen molar-refractivity contribution >= 4 is 5.91 Å². The van der Waals surface area contributed by atoms with Gasteiger partial charge >= 0.3 is 0 Å². The van der Waals surface area contributed by atoms with Crippen LogP contribution < -0.4 is 0 Å². The van der Waals surface area contributed by atoms with E-state index in [4.69, 9.17) is 4.52 Å². The molecule has 26 heavy (non-hydrogen) atoms. The molecule has 3 aromatic rings. The van der Waals surface area contributed by atoms with E-state index < -0.39 is 0 Å². The van der Waals surface area contributed by atoms with Crippen LogP contribution in [0.2, 0.25) is 0 Å². The molecule has 6 nitrogen and oxygen atoms in total. The highest BCUT2D eigenvalue weighted by molar-refractivity contribution is 5.92. The van der Waals surface area contributed by atoms with Crippen LogP contribution in [0.5, 0.6) is 0 Å². The Hall–Kier alpha value is -3.02. The topological polar surface area (TPSA) is 72.1 Å². The average Bonchev–Trinajstić information content (AvgIpc) is 3.18. The molecule has 1 atom stereocenters. The van der Waals surface area contributed by atoms with Crippen LogP contribution in [0, 0.1) is 6.92 Å². The first-order chi connectivity index (χ1) is 12.7. The second-order valence-corrected chi connectivity index (χ2v) is 6.50. The van der Waals surface area contributed by atoms with Gasteiger partial charge in [-0.3, -0.25) is 4.79 Å². The number of aryl methyl sites for hydroxylation is 1. The zero-order valence-electron chi connectivity index (χ0n) is 14.6. The first-order valence-corrected chi connectivity index (χ1v) is 8.86. The van der Waals surface area contributed by atoms with Crippen molar-refractivity contribution in [1.82, 2.24) is 20.0 Å². The van der Waals surface area contributed by atoms with Gasteiger partial charge in [-0.25, -0.2) is 4.98 Å². The zero-order valence-corrected chi connectivity index (χ0v) is 14.6. The van der Waals surface area contributed by atoms with E-state index in [9.17, 15) is 4.79 Å². The molecule has 0 radical (unpaired) electrons. The van der Waals surface area contributed by atoms with Crippen molar-refractivity contribution in [2.24, 2.45) is 0 Å². The number of hydrogen-bond donors (Lipinski definition) is 0. The second-order valence-electron chi connectivity index (χ2n) is 6.50. The highest BCUT2D eigenvalue weighted by Gasteiger charge is 2.33. The largest absolute Gasteiger partial charge is 0.337 e. The van der Waals surface area contributed by atoms with Crippen LogP contribution in [-0.2, 0) is 0 Å². The molecular weight excluding hydrogens is 328 g/mol. The lowest BCUT2D eigenvalue weighted by Crippen LogP contribution is -2.39. The molecule has 0 saturated carbocycles. The van der Waals surface area contributed by atoms with Crippen molar-refractivity contribution in [2.75, 3.05) is 6.54 Å². The van der Waals surface area contributed by atoms with E-state index in [2.05, 4.69) is 15.1 Å². The highest BCUT2D eigenvalue weighted by atomic mass is 16.5. The van der Waals surface area contributed by atoms with Crippen LogP contribution in [0.3, 0.4) is 0 Å². The van der Waals surface area contributed by atoms with E-state index in [0.29, 0.717) is 24.0 Å². The number of hydrogen-bond acceptors (Lipinski definition) is 5. The molecule has 2 aromatic heterocycles. The van der Waals surface area contributed by atoms with Crippen molar-refractivity contribution in [3.8, 4) is 11.4 Å². The Morgan fingerprint density at radius 1 is 1.08 bits per heavy atom. The summed E-state index contributed by atoms with van der Waals surface area (Å²) in [6.45, 7) is 2.55. The summed E-state index contributed by atoms with van der Waals surface area (Å²) in [6, 6.07) is 15.0. The molecule has 1 amide bonds. The minimum Gasteiger partial charge on any atom is -0.337 e. The normalized spacial score (nSPS) is 17.3. The monoisotopic (exact) mass is 348 g/mol. The number of carbonyl (C=O) groups excluding carboxylic acids is 1. The molecule has 0 N–H and O–H groups in total. The third-order valence-electron chi connectivity index (χ3n) is 4.63. The second kappa shape index (κ2) is 7.07. The summed E-state index contributed by atoms with van der Waals surface area (Å²) in [4.78, 5) is 23.7. The average molecular weight is 348 g/mol. The summed E-state index contributed by atoms with van der Waals surface area (Å²) in [5.74, 6) is 0.953. The molecule has 0 unspecified atom stereocenters. The fourth-order valence-corrected chi connectivity index (χ4v) is 3.32. The van der Waals surface area contributed by atoms with Gasteiger partial charge in [0, 0.05) is 17.8 Å². The van der Waals surface area contributed by atoms with Gasteiger partial charge in [0.25, 0.3) is 5.91 Å². The van der Waals surface area contributed by atoms with Crippen LogP contribution in [0.1, 0.15) is 47.4 Å². The number of aromatic nitrogens is 3. The number of benzene rings is 1. The van der Waals surface area contributed by atoms with Gasteiger partial charge in [0.05, 0.1) is 0 Å². The molecule has 1 saturated heterocycles. The lowest BCUT2D eigenvalue weighted by atomic mass is 10.0. The highest BCUT2D eigenvalue weighted by Crippen LogP contribution is 2.32. The Balaban J connectivity index is 1.62. The fraction of sp³-hybridized carbons (Fsp3) is 0.300. The molecule has 3 heterocycles. The minimum atomic E-state index is -0.205. The summed E-state index contributed by atoms with van der Waals surface area (Å²) in [5, 5.41) is 4.10. The Kier molecular flexibility index (Phi) is 4.48. The maximum Gasteiger partial charge on any atom is 0.273 e. The van der Waals surface area contributed by atoms with Crippen LogP contribution in [0.15, 0.2) is 53.1 Å². The van der Waals surface area contributed by atoms with Crippen LogP contribution >= 0.6 is 0 Å². The summed E-state index contributed by atoms with van der Waals surface area (Å²) >= 11 is 0. The van der Waals surface area contributed by atoms with Crippen molar-refractivity contribution in [1.29, 1.82) is 0 Å². The summed E-state index contributed by atoms with van der Waals surface area (Å²) in [5.41, 5.74) is 2.18. The fourth-order valence-electron chi connectivity index (χ4n) is 3.32. The molecular formula is C20H20N4O2. The minimum absolute atomic E-state index is 0.0853. The molecule has 6 heteroatoms. The van der Waals surface area contributed by atoms with Gasteiger partial charge in [-0.1, -0.05) is 41.6 Å². The summed E-state index contributed by atoms with van der Waals surface area (Å²) in [6.07, 6.45) is 2.81. The number of rotatable bonds is 3. The maximum absolute atomic E-state index is 13.0. The number of likely N-dealkylation sites (tertiary alicyclic amines) is 1. The van der Waals surface area contributed by atoms with Crippen molar-refractivity contribution in [3.05, 3.63) is 65.8 Å². The zero-order chi connectivity index (χ0) is 17.9. The third-order valence-corrected chi connectivity index (χ3v) is 4.63. The number of piperidine rings is 1. The van der Waals surface area contributed by atoms with Gasteiger partial charge in [0.15, 0.2) is 0 Å². The molecule has 1 aromatic carbocycles. The van der Waals surface area contributed by atoms with E-state index in [1.54, 1.807) is 6.07 Å². The number of pyridine rings is 1. The molecule has 0 bridgehead atoms. The molecule has 0 spiro atoms. The van der Waals surface area contributed by atoms with Gasteiger partial charge in [0.2, 0.25) is 11.7 Å². The van der Waals surface area contributed by atoms with Crippen molar-refractivity contribution < 1.29 is 9.32 Å². The maximum atomic E-state index is 13.0. The van der Waals surface area contributed by atoms with Crippen LogP contribution in [-0.4, -0.2) is 32.5 Å². The Morgan fingerprint density at radius 3 is 2.73 bits per heavy atom. The number of nitrogens with zero attached hydrogens (tertiary/aromatic N) is 4. The van der Waals surface area contributed by atoms with E-state index in [1.807, 2.05) is 54.3 Å². The summed E-state index contributed by atoms with van der Waals surface area (Å²) < 4.78 is 5.52. The first-order valence-electron chi connectivity index (χ1n) is 8.86. The lowest BCUT2D eigenvalue weighted by Gasteiger charge is -2.33. The standard InChI is InChI=1S/C20H20N4O2/c1-14-8-7-11-16(21-14)20(25)24-13-6-5-12-17(24)19-22-18(23-26-19)15-9-3-2-4-10-15/h2-4,7-11,17H,5-6,12-13H2,1H3/t17-/m1/s1. The van der Waals surface area contributed by atoms with E-state index in [-0.39, 0.29) is 11.9 Å². The molecule has 1 aliphatic heterocycles. The van der Waals surface area contributed by atoms with Gasteiger partial charge < -0.3 is 9.42 Å². The van der Waals surface area contributed by atoms with Crippen molar-refractivity contribution in [2.45, 2.75) is 32.2 Å². The van der Waals surface area contributed by atoms with E-state index in [1.165, 1.54) is 0 Å². The van der Waals surface area contributed by atoms with Gasteiger partial charge in [-0.05, 0) is 38.3 Å². The Bertz CT molecular complexity index is 907. The van der Waals surface area contributed by atoms with Crippen LogP contribution in [0.25, 0.3) is 11.4 Å². The smallest absolute Gasteiger partial charge is 0.273 e. The molecule has 0 aliphatic carbocycles.